The van der Waals surface area contributed by atoms with Gasteiger partial charge in [-0.15, -0.1) is 16.4 Å². The summed E-state index contributed by atoms with van der Waals surface area (Å²) in [7, 11) is 0. The largest absolute Gasteiger partial charge is 0.459 e. The molecule has 0 fully saturated rings. The predicted octanol–water partition coefficient (Wildman–Crippen LogP) is 4.49. The SMILES string of the molecule is CC[C@H]1c2ccsc2CCN1Cn1nc(-c2ccco2)oc1=S. The summed E-state index contributed by atoms with van der Waals surface area (Å²) in [4.78, 5) is 4.30. The van der Waals surface area contributed by atoms with Gasteiger partial charge < -0.3 is 8.83 Å². The lowest BCUT2D eigenvalue weighted by Crippen LogP contribution is -2.36. The zero-order valence-corrected chi connectivity index (χ0v) is 14.4. The van der Waals surface area contributed by atoms with E-state index in [-0.39, 0.29) is 0 Å². The van der Waals surface area contributed by atoms with Crippen LogP contribution in [0.3, 0.4) is 0 Å². The summed E-state index contributed by atoms with van der Waals surface area (Å²) in [5, 5.41) is 6.66. The molecule has 0 aromatic carbocycles. The van der Waals surface area contributed by atoms with Crippen LogP contribution < -0.4 is 0 Å². The van der Waals surface area contributed by atoms with E-state index in [9.17, 15) is 0 Å². The molecule has 0 aliphatic carbocycles. The molecule has 1 aliphatic heterocycles. The minimum atomic E-state index is 0.377. The Labute approximate surface area is 143 Å². The first-order chi connectivity index (χ1) is 11.3. The average molecular weight is 347 g/mol. The van der Waals surface area contributed by atoms with Crippen molar-refractivity contribution in [2.45, 2.75) is 32.5 Å². The lowest BCUT2D eigenvalue weighted by Gasteiger charge is -2.34. The van der Waals surface area contributed by atoms with E-state index in [2.05, 4.69) is 28.4 Å². The molecule has 7 heteroatoms. The molecule has 4 rings (SSSR count). The van der Waals surface area contributed by atoms with Gasteiger partial charge in [0.1, 0.15) is 0 Å². The third-order valence-corrected chi connectivity index (χ3v) is 5.54. The number of hydrogen-bond donors (Lipinski definition) is 0. The lowest BCUT2D eigenvalue weighted by molar-refractivity contribution is 0.128. The summed E-state index contributed by atoms with van der Waals surface area (Å²) in [5.74, 6) is 1.03. The molecular weight excluding hydrogens is 330 g/mol. The molecule has 120 valence electrons. The summed E-state index contributed by atoms with van der Waals surface area (Å²) < 4.78 is 12.6. The Kier molecular flexibility index (Phi) is 3.92. The van der Waals surface area contributed by atoms with Crippen molar-refractivity contribution in [3.8, 4) is 11.7 Å². The smallest absolute Gasteiger partial charge is 0.288 e. The highest BCUT2D eigenvalue weighted by Crippen LogP contribution is 2.35. The van der Waals surface area contributed by atoms with Crippen LogP contribution in [0.1, 0.15) is 29.8 Å². The van der Waals surface area contributed by atoms with Gasteiger partial charge in [-0.1, -0.05) is 6.92 Å². The van der Waals surface area contributed by atoms with E-state index in [1.54, 1.807) is 10.9 Å². The second kappa shape index (κ2) is 6.07. The lowest BCUT2D eigenvalue weighted by atomic mass is 9.98. The maximum atomic E-state index is 5.57. The van der Waals surface area contributed by atoms with Gasteiger partial charge in [-0.2, -0.15) is 0 Å². The zero-order chi connectivity index (χ0) is 15.8. The van der Waals surface area contributed by atoms with Crippen molar-refractivity contribution in [2.24, 2.45) is 0 Å². The van der Waals surface area contributed by atoms with Gasteiger partial charge >= 0.3 is 0 Å². The number of nitrogens with zero attached hydrogens (tertiary/aromatic N) is 3. The van der Waals surface area contributed by atoms with Crippen molar-refractivity contribution in [1.82, 2.24) is 14.7 Å². The maximum absolute atomic E-state index is 5.57. The van der Waals surface area contributed by atoms with E-state index in [1.165, 1.54) is 10.4 Å². The van der Waals surface area contributed by atoms with E-state index in [0.717, 1.165) is 19.4 Å². The quantitative estimate of drug-likeness (QED) is 0.651. The highest BCUT2D eigenvalue weighted by Gasteiger charge is 2.27. The van der Waals surface area contributed by atoms with Crippen molar-refractivity contribution < 1.29 is 8.83 Å². The fourth-order valence-electron chi connectivity index (χ4n) is 3.16. The van der Waals surface area contributed by atoms with Crippen molar-refractivity contribution in [2.75, 3.05) is 6.54 Å². The van der Waals surface area contributed by atoms with Gasteiger partial charge in [0.05, 0.1) is 12.9 Å². The van der Waals surface area contributed by atoms with Gasteiger partial charge in [-0.25, -0.2) is 4.68 Å². The van der Waals surface area contributed by atoms with Crippen LogP contribution >= 0.6 is 23.6 Å². The van der Waals surface area contributed by atoms with Crippen LogP contribution in [0.25, 0.3) is 11.7 Å². The van der Waals surface area contributed by atoms with Crippen molar-refractivity contribution in [1.29, 1.82) is 0 Å². The minimum absolute atomic E-state index is 0.377. The number of thiophene rings is 1. The Morgan fingerprint density at radius 3 is 3.13 bits per heavy atom. The molecule has 23 heavy (non-hydrogen) atoms. The molecule has 0 radical (unpaired) electrons. The summed E-state index contributed by atoms with van der Waals surface area (Å²) in [5.41, 5.74) is 1.45. The van der Waals surface area contributed by atoms with Crippen LogP contribution in [0.4, 0.5) is 0 Å². The van der Waals surface area contributed by atoms with Crippen LogP contribution in [0.5, 0.6) is 0 Å². The average Bonchev–Trinajstić information content (AvgIpc) is 3.27. The van der Waals surface area contributed by atoms with E-state index >= 15 is 0 Å². The number of furan rings is 1. The molecule has 5 nitrogen and oxygen atoms in total. The number of rotatable bonds is 4. The molecule has 1 atom stereocenters. The Bertz CT molecular complexity index is 847. The normalized spacial score (nSPS) is 18.2. The van der Waals surface area contributed by atoms with Gasteiger partial charge in [0.15, 0.2) is 5.76 Å². The monoisotopic (exact) mass is 347 g/mol. The minimum Gasteiger partial charge on any atom is -0.459 e. The van der Waals surface area contributed by atoms with Gasteiger partial charge in [-0.05, 0) is 54.2 Å². The van der Waals surface area contributed by atoms with E-state index < -0.39 is 0 Å². The third kappa shape index (κ3) is 2.69. The first-order valence-corrected chi connectivity index (χ1v) is 8.97. The molecule has 0 bridgehead atoms. The van der Waals surface area contributed by atoms with Crippen molar-refractivity contribution >= 4 is 23.6 Å². The van der Waals surface area contributed by atoms with Crippen LogP contribution in [0.15, 0.2) is 38.7 Å². The van der Waals surface area contributed by atoms with E-state index in [1.807, 2.05) is 23.5 Å². The van der Waals surface area contributed by atoms with E-state index in [0.29, 0.717) is 29.2 Å². The first kappa shape index (κ1) is 14.9. The van der Waals surface area contributed by atoms with E-state index in [4.69, 9.17) is 21.1 Å². The van der Waals surface area contributed by atoms with Crippen LogP contribution in [0.2, 0.25) is 0 Å². The van der Waals surface area contributed by atoms with Crippen LogP contribution in [0, 0.1) is 4.84 Å². The molecule has 3 aromatic heterocycles. The summed E-state index contributed by atoms with van der Waals surface area (Å²) in [6.45, 7) is 3.87. The molecule has 0 saturated heterocycles. The van der Waals surface area contributed by atoms with Crippen LogP contribution in [-0.2, 0) is 13.1 Å². The van der Waals surface area contributed by atoms with Gasteiger partial charge in [0, 0.05) is 17.5 Å². The summed E-state index contributed by atoms with van der Waals surface area (Å²) >= 11 is 7.18. The predicted molar refractivity (Wildman–Crippen MR) is 90.8 cm³/mol. The van der Waals surface area contributed by atoms with Gasteiger partial charge in [0.25, 0.3) is 10.7 Å². The molecule has 3 aromatic rings. The Balaban J connectivity index is 1.60. The molecule has 0 N–H and O–H groups in total. The Hall–Kier alpha value is -1.70. The molecule has 4 heterocycles. The van der Waals surface area contributed by atoms with Crippen molar-refractivity contribution in [3.63, 3.8) is 0 Å². The second-order valence-electron chi connectivity index (χ2n) is 5.58. The number of aromatic nitrogens is 2. The van der Waals surface area contributed by atoms with Gasteiger partial charge in [-0.3, -0.25) is 4.90 Å². The fourth-order valence-corrected chi connectivity index (χ4v) is 4.27. The summed E-state index contributed by atoms with van der Waals surface area (Å²) in [6.07, 6.45) is 3.75. The molecular formula is C16H17N3O2S2. The first-order valence-electron chi connectivity index (χ1n) is 7.68. The fraction of sp³-hybridized carbons (Fsp3) is 0.375. The zero-order valence-electron chi connectivity index (χ0n) is 12.8. The molecule has 0 amide bonds. The standard InChI is InChI=1S/C16H17N3O2S2/c1-2-12-11-6-9-23-14(11)5-7-18(12)10-19-16(22)21-15(17-19)13-4-3-8-20-13/h3-4,6,8-9,12H,2,5,7,10H2,1H3/t12-/m0/s1. The molecule has 1 aliphatic rings. The highest BCUT2D eigenvalue weighted by atomic mass is 32.1. The molecule has 0 saturated carbocycles. The maximum Gasteiger partial charge on any atom is 0.288 e. The third-order valence-electron chi connectivity index (χ3n) is 4.25. The molecule has 0 unspecified atom stereocenters. The Morgan fingerprint density at radius 2 is 2.35 bits per heavy atom. The Morgan fingerprint density at radius 1 is 1.43 bits per heavy atom. The van der Waals surface area contributed by atoms with Crippen LogP contribution in [-0.4, -0.2) is 21.2 Å². The number of hydrogen-bond acceptors (Lipinski definition) is 6. The second-order valence-corrected chi connectivity index (χ2v) is 6.93. The van der Waals surface area contributed by atoms with Gasteiger partial charge in [0.2, 0.25) is 0 Å². The number of fused-ring (bicyclic) bond motifs is 1. The van der Waals surface area contributed by atoms with Crippen molar-refractivity contribution in [3.05, 3.63) is 45.1 Å². The summed E-state index contributed by atoms with van der Waals surface area (Å²) in [6, 6.07) is 6.29. The highest BCUT2D eigenvalue weighted by molar-refractivity contribution is 7.71. The topological polar surface area (TPSA) is 47.3 Å². The molecule has 0 spiro atoms.